The van der Waals surface area contributed by atoms with E-state index in [1.54, 1.807) is 30.3 Å². The van der Waals surface area contributed by atoms with Gasteiger partial charge in [0, 0.05) is 19.7 Å². The van der Waals surface area contributed by atoms with Crippen LogP contribution in [0.25, 0.3) is 6.08 Å². The molecule has 0 heterocycles. The van der Waals surface area contributed by atoms with Gasteiger partial charge < -0.3 is 10.4 Å². The maximum atomic E-state index is 12.0. The quantitative estimate of drug-likeness (QED) is 0.306. The molecule has 0 saturated carbocycles. The first-order valence-electron chi connectivity index (χ1n) is 7.04. The van der Waals surface area contributed by atoms with Crippen molar-refractivity contribution in [2.45, 2.75) is 0 Å². The molecule has 0 fully saturated rings. The van der Waals surface area contributed by atoms with Crippen molar-refractivity contribution in [2.75, 3.05) is 5.32 Å². The first kappa shape index (κ1) is 20.6. The summed E-state index contributed by atoms with van der Waals surface area (Å²) in [7, 11) is 0. The number of hydrogen-bond acceptors (Lipinski definition) is 3. The van der Waals surface area contributed by atoms with Crippen LogP contribution in [0.3, 0.4) is 0 Å². The van der Waals surface area contributed by atoms with Gasteiger partial charge in [-0.1, -0.05) is 29.3 Å². The lowest BCUT2D eigenvalue weighted by Gasteiger charge is -2.11. The first-order valence-corrected chi connectivity index (χ1v) is 9.28. The molecule has 0 bridgehead atoms. The minimum absolute atomic E-state index is 0.0226. The third-order valence-electron chi connectivity index (χ3n) is 3.07. The molecule has 0 unspecified atom stereocenters. The van der Waals surface area contributed by atoms with Gasteiger partial charge in [0.1, 0.15) is 0 Å². The Morgan fingerprint density at radius 3 is 2.54 bits per heavy atom. The maximum absolute atomic E-state index is 12.0. The number of nitrogens with one attached hydrogen (secondary N) is 2. The molecule has 9 heteroatoms. The van der Waals surface area contributed by atoms with Crippen LogP contribution >= 0.6 is 58.0 Å². The van der Waals surface area contributed by atoms with Gasteiger partial charge in [0.15, 0.2) is 5.11 Å². The number of hydrogen-bond donors (Lipinski definition) is 3. The zero-order valence-corrected chi connectivity index (χ0v) is 17.4. The molecule has 26 heavy (non-hydrogen) atoms. The molecule has 0 aliphatic heterocycles. The van der Waals surface area contributed by atoms with Crippen molar-refractivity contribution in [2.24, 2.45) is 0 Å². The van der Waals surface area contributed by atoms with Crippen LogP contribution in [-0.4, -0.2) is 22.1 Å². The Labute approximate surface area is 178 Å². The topological polar surface area (TPSA) is 78.4 Å². The molecule has 5 nitrogen and oxygen atoms in total. The Balaban J connectivity index is 2.03. The van der Waals surface area contributed by atoms with Gasteiger partial charge in [0.2, 0.25) is 5.91 Å². The zero-order valence-electron chi connectivity index (χ0n) is 12.9. The molecule has 1 amide bonds. The van der Waals surface area contributed by atoms with E-state index in [0.29, 0.717) is 15.6 Å². The SMILES string of the molecule is O=C(C=Cc1ccc(Cl)cc1Cl)NC(=S)Nc1ccc(I)cc1C(=O)O. The molecule has 3 N–H and O–H groups in total. The average Bonchev–Trinajstić information content (AvgIpc) is 2.55. The summed E-state index contributed by atoms with van der Waals surface area (Å²) in [6.07, 6.45) is 2.78. The van der Waals surface area contributed by atoms with E-state index >= 15 is 0 Å². The van der Waals surface area contributed by atoms with E-state index < -0.39 is 11.9 Å². The minimum atomic E-state index is -1.10. The van der Waals surface area contributed by atoms with Crippen molar-refractivity contribution in [1.29, 1.82) is 0 Å². The fourth-order valence-corrected chi connectivity index (χ4v) is 3.08. The molecule has 0 aliphatic carbocycles. The molecule has 0 aromatic heterocycles. The largest absolute Gasteiger partial charge is 0.478 e. The van der Waals surface area contributed by atoms with Gasteiger partial charge in [-0.05, 0) is 76.8 Å². The van der Waals surface area contributed by atoms with Crippen LogP contribution < -0.4 is 10.6 Å². The number of thiocarbonyl (C=S) groups is 1. The Bertz CT molecular complexity index is 919. The van der Waals surface area contributed by atoms with Crippen LogP contribution in [0.15, 0.2) is 42.5 Å². The second kappa shape index (κ2) is 9.31. The standard InChI is InChI=1S/C17H11Cl2IN2O3S/c18-10-3-1-9(13(19)7-10)2-6-15(23)22-17(26)21-14-5-4-11(20)8-12(14)16(24)25/h1-8H,(H,24,25)(H2,21,22,23,26). The van der Waals surface area contributed by atoms with E-state index in [0.717, 1.165) is 3.57 Å². The number of halogens is 3. The van der Waals surface area contributed by atoms with Crippen molar-refractivity contribution >= 4 is 86.8 Å². The molecule has 2 rings (SSSR count). The number of anilines is 1. The molecular formula is C17H11Cl2IN2O3S. The Kier molecular flexibility index (Phi) is 7.39. The summed E-state index contributed by atoms with van der Waals surface area (Å²) in [4.78, 5) is 23.2. The molecule has 0 spiro atoms. The summed E-state index contributed by atoms with van der Waals surface area (Å²) in [6, 6.07) is 9.70. The number of carbonyl (C=O) groups is 2. The zero-order chi connectivity index (χ0) is 19.3. The molecule has 0 saturated heterocycles. The highest BCUT2D eigenvalue weighted by molar-refractivity contribution is 14.1. The fourth-order valence-electron chi connectivity index (χ4n) is 1.91. The van der Waals surface area contributed by atoms with Gasteiger partial charge in [0.05, 0.1) is 11.3 Å². The number of carboxylic acid groups (broad SMARTS) is 1. The molecule has 0 radical (unpaired) electrons. The highest BCUT2D eigenvalue weighted by Crippen LogP contribution is 2.22. The van der Waals surface area contributed by atoms with Crippen LogP contribution in [0, 0.1) is 3.57 Å². The summed E-state index contributed by atoms with van der Waals surface area (Å²) < 4.78 is 0.767. The molecule has 0 aliphatic rings. The van der Waals surface area contributed by atoms with Crippen LogP contribution in [0.4, 0.5) is 5.69 Å². The number of aromatic carboxylic acids is 1. The number of benzene rings is 2. The van der Waals surface area contributed by atoms with Crippen LogP contribution in [-0.2, 0) is 4.79 Å². The van der Waals surface area contributed by atoms with Gasteiger partial charge in [0.25, 0.3) is 0 Å². The predicted molar refractivity (Wildman–Crippen MR) is 116 cm³/mol. The lowest BCUT2D eigenvalue weighted by Crippen LogP contribution is -2.33. The van der Waals surface area contributed by atoms with Gasteiger partial charge in [-0.25, -0.2) is 4.79 Å². The van der Waals surface area contributed by atoms with Gasteiger partial charge in [-0.2, -0.15) is 0 Å². The van der Waals surface area contributed by atoms with Gasteiger partial charge in [-0.3, -0.25) is 10.1 Å². The maximum Gasteiger partial charge on any atom is 0.337 e. The highest BCUT2D eigenvalue weighted by atomic mass is 127. The number of amides is 1. The van der Waals surface area contributed by atoms with Crippen LogP contribution in [0.2, 0.25) is 10.0 Å². The third kappa shape index (κ3) is 5.94. The lowest BCUT2D eigenvalue weighted by molar-refractivity contribution is -0.115. The van der Waals surface area contributed by atoms with Crippen molar-refractivity contribution in [3.05, 3.63) is 67.2 Å². The van der Waals surface area contributed by atoms with E-state index in [1.165, 1.54) is 18.2 Å². The number of rotatable bonds is 4. The second-order valence-electron chi connectivity index (χ2n) is 4.94. The minimum Gasteiger partial charge on any atom is -0.478 e. The first-order chi connectivity index (χ1) is 12.3. The van der Waals surface area contributed by atoms with E-state index in [2.05, 4.69) is 10.6 Å². The number of carbonyl (C=O) groups excluding carboxylic acids is 1. The van der Waals surface area contributed by atoms with E-state index in [-0.39, 0.29) is 16.4 Å². The van der Waals surface area contributed by atoms with E-state index in [1.807, 2.05) is 22.6 Å². The van der Waals surface area contributed by atoms with Crippen LogP contribution in [0.1, 0.15) is 15.9 Å². The summed E-state index contributed by atoms with van der Waals surface area (Å²) in [5, 5.41) is 15.3. The molecule has 2 aromatic carbocycles. The average molecular weight is 521 g/mol. The summed E-state index contributed by atoms with van der Waals surface area (Å²) in [5.41, 5.74) is 0.959. The smallest absolute Gasteiger partial charge is 0.337 e. The van der Waals surface area contributed by atoms with Crippen molar-refractivity contribution < 1.29 is 14.7 Å². The highest BCUT2D eigenvalue weighted by Gasteiger charge is 2.12. The summed E-state index contributed by atoms with van der Waals surface area (Å²) >= 11 is 18.9. The molecular weight excluding hydrogens is 510 g/mol. The predicted octanol–water partition coefficient (Wildman–Crippen LogP) is 4.82. The molecule has 2 aromatic rings. The van der Waals surface area contributed by atoms with Gasteiger partial charge in [-0.15, -0.1) is 0 Å². The Hall–Kier alpha value is -1.68. The molecule has 0 atom stereocenters. The Morgan fingerprint density at radius 1 is 1.15 bits per heavy atom. The van der Waals surface area contributed by atoms with E-state index in [9.17, 15) is 14.7 Å². The Morgan fingerprint density at radius 2 is 1.88 bits per heavy atom. The van der Waals surface area contributed by atoms with Crippen molar-refractivity contribution in [1.82, 2.24) is 5.32 Å². The number of carboxylic acids is 1. The second-order valence-corrected chi connectivity index (χ2v) is 7.44. The lowest BCUT2D eigenvalue weighted by atomic mass is 10.2. The summed E-state index contributed by atoms with van der Waals surface area (Å²) in [6.45, 7) is 0. The fraction of sp³-hybridized carbons (Fsp3) is 0. The van der Waals surface area contributed by atoms with Crippen molar-refractivity contribution in [3.8, 4) is 0 Å². The monoisotopic (exact) mass is 520 g/mol. The molecule has 134 valence electrons. The normalized spacial score (nSPS) is 10.6. The van der Waals surface area contributed by atoms with E-state index in [4.69, 9.17) is 35.4 Å². The third-order valence-corrected chi connectivity index (χ3v) is 4.51. The van der Waals surface area contributed by atoms with Crippen LogP contribution in [0.5, 0.6) is 0 Å². The summed E-state index contributed by atoms with van der Waals surface area (Å²) in [5.74, 6) is -1.59. The van der Waals surface area contributed by atoms with Gasteiger partial charge >= 0.3 is 5.97 Å². The van der Waals surface area contributed by atoms with Crippen molar-refractivity contribution in [3.63, 3.8) is 0 Å².